The summed E-state index contributed by atoms with van der Waals surface area (Å²) in [5, 5.41) is 7.47. The van der Waals surface area contributed by atoms with Gasteiger partial charge in [0.1, 0.15) is 0 Å². The van der Waals surface area contributed by atoms with Crippen molar-refractivity contribution in [3.05, 3.63) is 29.1 Å². The number of carbonyl (C=O) groups excluding carboxylic acids is 1. The van der Waals surface area contributed by atoms with Crippen molar-refractivity contribution in [1.29, 1.82) is 0 Å². The van der Waals surface area contributed by atoms with E-state index in [1.807, 2.05) is 39.4 Å². The highest BCUT2D eigenvalue weighted by molar-refractivity contribution is 5.74. The number of rotatable bonds is 6. The first kappa shape index (κ1) is 17.3. The van der Waals surface area contributed by atoms with Crippen LogP contribution >= 0.6 is 0 Å². The van der Waals surface area contributed by atoms with E-state index < -0.39 is 0 Å². The Labute approximate surface area is 128 Å². The van der Waals surface area contributed by atoms with E-state index >= 15 is 0 Å². The summed E-state index contributed by atoms with van der Waals surface area (Å²) < 4.78 is 1.89. The van der Waals surface area contributed by atoms with E-state index in [-0.39, 0.29) is 12.1 Å². The number of urea groups is 1. The molecule has 0 bridgehead atoms. The molecule has 1 heterocycles. The van der Waals surface area contributed by atoms with Gasteiger partial charge in [-0.3, -0.25) is 4.68 Å². The van der Waals surface area contributed by atoms with Crippen molar-refractivity contribution in [3.8, 4) is 0 Å². The third-order valence-electron chi connectivity index (χ3n) is 3.67. The van der Waals surface area contributed by atoms with Gasteiger partial charge in [0.25, 0.3) is 0 Å². The highest BCUT2D eigenvalue weighted by atomic mass is 16.2. The minimum Gasteiger partial charge on any atom is -0.335 e. The molecule has 0 radical (unpaired) electrons. The molecule has 2 amide bonds. The number of nitrogens with one attached hydrogen (secondary N) is 1. The van der Waals surface area contributed by atoms with Gasteiger partial charge < -0.3 is 10.2 Å². The van der Waals surface area contributed by atoms with E-state index in [4.69, 9.17) is 0 Å². The lowest BCUT2D eigenvalue weighted by Gasteiger charge is -2.24. The molecule has 5 nitrogen and oxygen atoms in total. The van der Waals surface area contributed by atoms with Gasteiger partial charge in [0.2, 0.25) is 0 Å². The minimum absolute atomic E-state index is 0.0350. The predicted octanol–water partition coefficient (Wildman–Crippen LogP) is 2.58. The monoisotopic (exact) mass is 292 g/mol. The van der Waals surface area contributed by atoms with Gasteiger partial charge in [-0.05, 0) is 46.6 Å². The van der Waals surface area contributed by atoms with Gasteiger partial charge in [-0.25, -0.2) is 4.79 Å². The second-order valence-electron chi connectivity index (χ2n) is 5.80. The van der Waals surface area contributed by atoms with Crippen LogP contribution in [0.5, 0.6) is 0 Å². The Morgan fingerprint density at radius 2 is 2.10 bits per heavy atom. The molecule has 1 rings (SSSR count). The largest absolute Gasteiger partial charge is 0.335 e. The fraction of sp³-hybridized carbons (Fsp3) is 0.625. The summed E-state index contributed by atoms with van der Waals surface area (Å²) in [5.74, 6) is 0. The first-order valence-corrected chi connectivity index (χ1v) is 7.45. The van der Waals surface area contributed by atoms with Crippen LogP contribution in [0.25, 0.3) is 0 Å². The van der Waals surface area contributed by atoms with Gasteiger partial charge in [0.05, 0.1) is 5.69 Å². The first-order chi connectivity index (χ1) is 9.76. The Morgan fingerprint density at radius 3 is 2.52 bits per heavy atom. The molecular formula is C16H28N4O. The Balaban J connectivity index is 2.66. The molecule has 0 aromatic carbocycles. The fourth-order valence-corrected chi connectivity index (χ4v) is 2.43. The van der Waals surface area contributed by atoms with Crippen molar-refractivity contribution in [1.82, 2.24) is 20.0 Å². The van der Waals surface area contributed by atoms with Crippen LogP contribution in [0.1, 0.15) is 37.7 Å². The zero-order valence-corrected chi connectivity index (χ0v) is 14.2. The summed E-state index contributed by atoms with van der Waals surface area (Å²) in [4.78, 5) is 14.0. The van der Waals surface area contributed by atoms with Gasteiger partial charge in [-0.15, -0.1) is 0 Å². The number of hydrogen-bond donors (Lipinski definition) is 1. The summed E-state index contributed by atoms with van der Waals surface area (Å²) in [5.41, 5.74) is 4.39. The van der Waals surface area contributed by atoms with Gasteiger partial charge >= 0.3 is 6.03 Å². The van der Waals surface area contributed by atoms with Crippen LogP contribution in [-0.4, -0.2) is 39.8 Å². The number of aromatic nitrogens is 2. The molecular weight excluding hydrogens is 264 g/mol. The Morgan fingerprint density at radius 1 is 1.48 bits per heavy atom. The van der Waals surface area contributed by atoms with Crippen LogP contribution in [-0.2, 0) is 13.5 Å². The molecule has 0 fully saturated rings. The maximum atomic E-state index is 12.2. The van der Waals surface area contributed by atoms with E-state index in [9.17, 15) is 4.79 Å². The molecule has 21 heavy (non-hydrogen) atoms. The van der Waals surface area contributed by atoms with Gasteiger partial charge in [0.15, 0.2) is 0 Å². The summed E-state index contributed by atoms with van der Waals surface area (Å²) in [6.45, 7) is 15.1. The fourth-order valence-electron chi connectivity index (χ4n) is 2.43. The Bertz CT molecular complexity index is 519. The van der Waals surface area contributed by atoms with Gasteiger partial charge in [-0.2, -0.15) is 5.10 Å². The lowest BCUT2D eigenvalue weighted by molar-refractivity contribution is 0.201. The SMILES string of the molecule is C=C(C)CN(CC)C(=O)N[C@H](C)Cc1c(C)nn(C)c1C. The smallest absolute Gasteiger partial charge is 0.317 e. The molecule has 0 aliphatic heterocycles. The molecule has 0 saturated carbocycles. The van der Waals surface area contributed by atoms with Crippen molar-refractivity contribution in [2.45, 2.75) is 47.1 Å². The molecule has 1 aromatic heterocycles. The van der Waals surface area contributed by atoms with Crippen LogP contribution in [0.4, 0.5) is 4.79 Å². The zero-order chi connectivity index (χ0) is 16.2. The highest BCUT2D eigenvalue weighted by Gasteiger charge is 2.17. The van der Waals surface area contributed by atoms with E-state index in [1.54, 1.807) is 4.90 Å². The average molecular weight is 292 g/mol. The molecule has 1 aromatic rings. The summed E-state index contributed by atoms with van der Waals surface area (Å²) in [6.07, 6.45) is 0.794. The Hall–Kier alpha value is -1.78. The van der Waals surface area contributed by atoms with E-state index in [0.29, 0.717) is 13.1 Å². The Kier molecular flexibility index (Phi) is 6.00. The molecule has 0 aliphatic rings. The van der Waals surface area contributed by atoms with Crippen molar-refractivity contribution in [2.75, 3.05) is 13.1 Å². The van der Waals surface area contributed by atoms with Crippen LogP contribution in [0.2, 0.25) is 0 Å². The third kappa shape index (κ3) is 4.62. The van der Waals surface area contributed by atoms with E-state index in [1.165, 1.54) is 5.56 Å². The number of likely N-dealkylation sites (N-methyl/N-ethyl adjacent to an activating group) is 1. The maximum absolute atomic E-state index is 12.2. The lowest BCUT2D eigenvalue weighted by Crippen LogP contribution is -2.45. The van der Waals surface area contributed by atoms with Crippen LogP contribution < -0.4 is 5.32 Å². The molecule has 0 unspecified atom stereocenters. The number of hydrogen-bond acceptors (Lipinski definition) is 2. The predicted molar refractivity (Wildman–Crippen MR) is 86.4 cm³/mol. The highest BCUT2D eigenvalue weighted by Crippen LogP contribution is 2.14. The van der Waals surface area contributed by atoms with E-state index in [2.05, 4.69) is 23.9 Å². The van der Waals surface area contributed by atoms with Crippen molar-refractivity contribution in [2.24, 2.45) is 7.05 Å². The molecule has 0 aliphatic carbocycles. The topological polar surface area (TPSA) is 50.2 Å². The third-order valence-corrected chi connectivity index (χ3v) is 3.67. The van der Waals surface area contributed by atoms with Gasteiger partial charge in [0, 0.05) is 31.9 Å². The summed E-state index contributed by atoms with van der Waals surface area (Å²) >= 11 is 0. The van der Waals surface area contributed by atoms with Crippen LogP contribution in [0, 0.1) is 13.8 Å². The van der Waals surface area contributed by atoms with Crippen molar-refractivity contribution in [3.63, 3.8) is 0 Å². The number of aryl methyl sites for hydroxylation is 2. The lowest BCUT2D eigenvalue weighted by atomic mass is 10.1. The average Bonchev–Trinajstić information content (AvgIpc) is 2.62. The second kappa shape index (κ2) is 7.29. The minimum atomic E-state index is -0.0350. The maximum Gasteiger partial charge on any atom is 0.317 e. The van der Waals surface area contributed by atoms with Gasteiger partial charge in [-0.1, -0.05) is 12.2 Å². The summed E-state index contributed by atoms with van der Waals surface area (Å²) in [6, 6.07) is 0.0328. The molecule has 0 saturated heterocycles. The zero-order valence-electron chi connectivity index (χ0n) is 14.2. The molecule has 1 N–H and O–H groups in total. The molecule has 5 heteroatoms. The van der Waals surface area contributed by atoms with Crippen LogP contribution in [0.15, 0.2) is 12.2 Å². The number of nitrogens with zero attached hydrogens (tertiary/aromatic N) is 3. The second-order valence-corrected chi connectivity index (χ2v) is 5.80. The molecule has 1 atom stereocenters. The normalized spacial score (nSPS) is 12.1. The molecule has 0 spiro atoms. The summed E-state index contributed by atoms with van der Waals surface area (Å²) in [7, 11) is 1.95. The van der Waals surface area contributed by atoms with Crippen molar-refractivity contribution < 1.29 is 4.79 Å². The standard InChI is InChI=1S/C16H28N4O/c1-8-20(10-11(2)3)16(21)17-12(4)9-15-13(5)18-19(7)14(15)6/h12H,2,8-10H2,1,3-7H3,(H,17,21)/t12-/m1/s1. The first-order valence-electron chi connectivity index (χ1n) is 7.45. The quantitative estimate of drug-likeness (QED) is 0.819. The van der Waals surface area contributed by atoms with E-state index in [0.717, 1.165) is 23.4 Å². The van der Waals surface area contributed by atoms with Crippen LogP contribution in [0.3, 0.4) is 0 Å². The number of amides is 2. The molecule has 118 valence electrons. The number of carbonyl (C=O) groups is 1. The van der Waals surface area contributed by atoms with Crippen molar-refractivity contribution >= 4 is 6.03 Å².